The molecule has 1 aliphatic carbocycles. The van der Waals surface area contributed by atoms with Gasteiger partial charge < -0.3 is 10.1 Å². The third kappa shape index (κ3) is 4.99. The number of aromatic nitrogens is 2. The number of ether oxygens (including phenoxy) is 1. The summed E-state index contributed by atoms with van der Waals surface area (Å²) in [6, 6.07) is 18.2. The number of fused-ring (bicyclic) bond motifs is 1. The second-order valence-corrected chi connectivity index (χ2v) is 9.97. The monoisotopic (exact) mass is 487 g/mol. The number of carbonyl (C=O) groups is 1. The van der Waals surface area contributed by atoms with E-state index in [9.17, 15) is 9.18 Å². The van der Waals surface area contributed by atoms with Crippen LogP contribution in [0.15, 0.2) is 66.9 Å². The lowest BCUT2D eigenvalue weighted by molar-refractivity contribution is -0.127. The maximum Gasteiger partial charge on any atom is 0.226 e. The summed E-state index contributed by atoms with van der Waals surface area (Å²) >= 11 is 0. The molecule has 0 bridgehead atoms. The number of benzene rings is 3. The highest BCUT2D eigenvalue weighted by molar-refractivity contribution is 5.85. The number of halogens is 1. The van der Waals surface area contributed by atoms with Crippen LogP contribution >= 0.6 is 0 Å². The van der Waals surface area contributed by atoms with E-state index in [0.29, 0.717) is 5.75 Å². The molecule has 0 unspecified atom stereocenters. The third-order valence-electron chi connectivity index (χ3n) is 6.98. The van der Waals surface area contributed by atoms with E-state index in [1.54, 1.807) is 23.0 Å². The zero-order valence-electron chi connectivity index (χ0n) is 20.5. The molecule has 36 heavy (non-hydrogen) atoms. The lowest BCUT2D eigenvalue weighted by Crippen LogP contribution is -2.42. The van der Waals surface area contributed by atoms with Gasteiger partial charge in [0, 0.05) is 10.8 Å². The van der Waals surface area contributed by atoms with Crippen LogP contribution in [0.3, 0.4) is 0 Å². The normalized spacial score (nSPS) is 15.6. The molecule has 0 spiro atoms. The van der Waals surface area contributed by atoms with Crippen molar-refractivity contribution in [1.29, 1.82) is 0 Å². The quantitative estimate of drug-likeness (QED) is 0.310. The fourth-order valence-corrected chi connectivity index (χ4v) is 4.39. The van der Waals surface area contributed by atoms with Crippen molar-refractivity contribution in [3.8, 4) is 11.4 Å². The van der Waals surface area contributed by atoms with Gasteiger partial charge in [-0.25, -0.2) is 9.07 Å². The molecule has 6 heteroatoms. The van der Waals surface area contributed by atoms with Gasteiger partial charge in [-0.3, -0.25) is 4.79 Å². The average Bonchev–Trinajstić information content (AvgIpc) is 3.46. The summed E-state index contributed by atoms with van der Waals surface area (Å²) in [4.78, 5) is 12.8. The first-order chi connectivity index (χ1) is 16.7. The Balaban J connectivity index is 0.00000304. The maximum atomic E-state index is 13.4. The molecule has 2 atom stereocenters. The fourth-order valence-electron chi connectivity index (χ4n) is 4.39. The summed E-state index contributed by atoms with van der Waals surface area (Å²) in [6.45, 7) is 8.14. The number of aryl methyl sites for hydroxylation is 2. The number of nitrogens with one attached hydrogen (secondary N) is 1. The van der Waals surface area contributed by atoms with E-state index in [-0.39, 0.29) is 36.7 Å². The molecular weight excluding hydrogens is 453 g/mol. The van der Waals surface area contributed by atoms with Gasteiger partial charge in [-0.15, -0.1) is 0 Å². The van der Waals surface area contributed by atoms with Crippen LogP contribution in [-0.4, -0.2) is 21.7 Å². The van der Waals surface area contributed by atoms with Crippen molar-refractivity contribution in [3.63, 3.8) is 0 Å². The van der Waals surface area contributed by atoms with Crippen molar-refractivity contribution in [2.24, 2.45) is 5.41 Å². The van der Waals surface area contributed by atoms with Gasteiger partial charge in [-0.2, -0.15) is 5.10 Å². The molecule has 3 aromatic carbocycles. The number of rotatable bonds is 7. The Kier molecular flexibility index (Phi) is 6.90. The minimum Gasteiger partial charge on any atom is -0.484 e. The average molecular weight is 488 g/mol. The molecule has 1 aliphatic rings. The van der Waals surface area contributed by atoms with E-state index in [1.807, 2.05) is 32.0 Å². The fraction of sp³-hybridized carbons (Fsp3) is 0.333. The Morgan fingerprint density at radius 1 is 1.08 bits per heavy atom. The number of carbonyl (C=O) groups excluding carboxylic acids is 1. The smallest absolute Gasteiger partial charge is 0.226 e. The van der Waals surface area contributed by atoms with Crippen LogP contribution in [0.5, 0.6) is 5.75 Å². The summed E-state index contributed by atoms with van der Waals surface area (Å²) in [6.07, 6.45) is 3.27. The van der Waals surface area contributed by atoms with E-state index < -0.39 is 0 Å². The minimum atomic E-state index is -0.356. The van der Waals surface area contributed by atoms with Gasteiger partial charge in [-0.05, 0) is 87.2 Å². The SMILES string of the molecule is C.Cc1ccc(C)c([C@@H](Oc2ccc3c(cnn3-c3ccc(F)cc3)c2)[C@H](C)NC(=O)C2(C)CC2)c1. The lowest BCUT2D eigenvalue weighted by Gasteiger charge is -2.29. The van der Waals surface area contributed by atoms with Gasteiger partial charge in [0.2, 0.25) is 5.91 Å². The number of nitrogens with zero attached hydrogens (tertiary/aromatic N) is 2. The lowest BCUT2D eigenvalue weighted by atomic mass is 9.96. The summed E-state index contributed by atoms with van der Waals surface area (Å²) in [5.41, 5.74) is 4.74. The Hall–Kier alpha value is -3.67. The summed E-state index contributed by atoms with van der Waals surface area (Å²) in [5.74, 6) is 0.496. The predicted molar refractivity (Wildman–Crippen MR) is 142 cm³/mol. The topological polar surface area (TPSA) is 56.1 Å². The molecule has 0 aliphatic heterocycles. The van der Waals surface area contributed by atoms with Gasteiger partial charge in [0.15, 0.2) is 0 Å². The largest absolute Gasteiger partial charge is 0.484 e. The van der Waals surface area contributed by atoms with Crippen molar-refractivity contribution >= 4 is 16.8 Å². The standard InChI is InChI=1S/C29H30FN3O2.CH4/c1-18-5-6-19(2)25(15-18)27(20(3)32-28(34)29(4)13-14-29)35-24-11-12-26-21(16-24)17-31-33(26)23-9-7-22(30)8-10-23;/h5-12,15-17,20,27H,13-14H2,1-4H3,(H,32,34);1H4/t20-,27-;/m0./s1. The molecule has 0 saturated heterocycles. The highest BCUT2D eigenvalue weighted by Gasteiger charge is 2.45. The second-order valence-electron chi connectivity index (χ2n) is 9.97. The minimum absolute atomic E-state index is 0. The van der Waals surface area contributed by atoms with Crippen LogP contribution in [-0.2, 0) is 4.79 Å². The Bertz CT molecular complexity index is 1390. The Labute approximate surface area is 212 Å². The molecule has 1 saturated carbocycles. The van der Waals surface area contributed by atoms with E-state index in [1.165, 1.54) is 12.1 Å². The van der Waals surface area contributed by atoms with E-state index >= 15 is 0 Å². The molecule has 5 rings (SSSR count). The number of hydrogen-bond acceptors (Lipinski definition) is 3. The molecule has 1 amide bonds. The van der Waals surface area contributed by atoms with Gasteiger partial charge in [-0.1, -0.05) is 38.1 Å². The molecule has 5 nitrogen and oxygen atoms in total. The van der Waals surface area contributed by atoms with Gasteiger partial charge >= 0.3 is 0 Å². The highest BCUT2D eigenvalue weighted by Crippen LogP contribution is 2.45. The maximum absolute atomic E-state index is 13.4. The van der Waals surface area contributed by atoms with Gasteiger partial charge in [0.05, 0.1) is 23.4 Å². The molecule has 4 aromatic rings. The van der Waals surface area contributed by atoms with Crippen molar-refractivity contribution in [3.05, 3.63) is 89.4 Å². The molecular formula is C30H34FN3O2. The first-order valence-electron chi connectivity index (χ1n) is 12.0. The van der Waals surface area contributed by atoms with E-state index in [4.69, 9.17) is 4.74 Å². The zero-order valence-corrected chi connectivity index (χ0v) is 20.5. The molecule has 1 fully saturated rings. The van der Waals surface area contributed by atoms with E-state index in [2.05, 4.69) is 42.5 Å². The summed E-state index contributed by atoms with van der Waals surface area (Å²) < 4.78 is 21.7. The number of amides is 1. The first-order valence-corrected chi connectivity index (χ1v) is 12.0. The summed E-state index contributed by atoms with van der Waals surface area (Å²) in [7, 11) is 0. The Morgan fingerprint density at radius 3 is 2.50 bits per heavy atom. The van der Waals surface area contributed by atoms with Crippen molar-refractivity contribution in [2.45, 2.75) is 60.1 Å². The Morgan fingerprint density at radius 2 is 1.81 bits per heavy atom. The molecule has 1 heterocycles. The van der Waals surface area contributed by atoms with E-state index in [0.717, 1.165) is 46.1 Å². The molecule has 1 N–H and O–H groups in total. The molecule has 1 aromatic heterocycles. The third-order valence-corrected chi connectivity index (χ3v) is 6.98. The second kappa shape index (κ2) is 9.76. The van der Waals surface area contributed by atoms with Crippen LogP contribution in [0.25, 0.3) is 16.6 Å². The predicted octanol–water partition coefficient (Wildman–Crippen LogP) is 6.84. The van der Waals surface area contributed by atoms with Crippen molar-refractivity contribution in [2.75, 3.05) is 0 Å². The van der Waals surface area contributed by atoms with Crippen molar-refractivity contribution in [1.82, 2.24) is 15.1 Å². The zero-order chi connectivity index (χ0) is 24.7. The van der Waals surface area contributed by atoms with Crippen LogP contribution in [0.4, 0.5) is 4.39 Å². The van der Waals surface area contributed by atoms with Crippen LogP contribution in [0.2, 0.25) is 0 Å². The molecule has 188 valence electrons. The first kappa shape index (κ1) is 25.4. The summed E-state index contributed by atoms with van der Waals surface area (Å²) in [5, 5.41) is 8.60. The highest BCUT2D eigenvalue weighted by atomic mass is 19.1. The van der Waals surface area contributed by atoms with Crippen molar-refractivity contribution < 1.29 is 13.9 Å². The number of hydrogen-bond donors (Lipinski definition) is 1. The van der Waals surface area contributed by atoms with Gasteiger partial charge in [0.1, 0.15) is 17.7 Å². The van der Waals surface area contributed by atoms with Gasteiger partial charge in [0.25, 0.3) is 0 Å². The van der Waals surface area contributed by atoms with Crippen LogP contribution in [0, 0.1) is 25.1 Å². The van der Waals surface area contributed by atoms with Crippen LogP contribution in [0.1, 0.15) is 56.9 Å². The molecule has 0 radical (unpaired) electrons. The van der Waals surface area contributed by atoms with Crippen LogP contribution < -0.4 is 10.1 Å².